The molecule has 0 aromatic heterocycles. The summed E-state index contributed by atoms with van der Waals surface area (Å²) < 4.78 is 4.57. The van der Waals surface area contributed by atoms with Crippen LogP contribution in [0.1, 0.15) is 39.5 Å². The number of hydrogen-bond donors (Lipinski definition) is 1. The van der Waals surface area contributed by atoms with Gasteiger partial charge in [0.25, 0.3) is 0 Å². The molecule has 2 unspecified atom stereocenters. The SMILES string of the molecule is CCCC(CC)C(N)CC(=O)OC. The highest BCUT2D eigenvalue weighted by Crippen LogP contribution is 2.16. The third-order valence-corrected chi connectivity index (χ3v) is 2.42. The molecule has 0 heterocycles. The summed E-state index contributed by atoms with van der Waals surface area (Å²) >= 11 is 0. The van der Waals surface area contributed by atoms with E-state index in [1.165, 1.54) is 7.11 Å². The Kier molecular flexibility index (Phi) is 6.59. The molecule has 0 aliphatic carbocycles. The van der Waals surface area contributed by atoms with Crippen LogP contribution in [0, 0.1) is 5.92 Å². The van der Waals surface area contributed by atoms with Gasteiger partial charge in [0.05, 0.1) is 13.5 Å². The Morgan fingerprint density at radius 1 is 1.46 bits per heavy atom. The van der Waals surface area contributed by atoms with E-state index in [2.05, 4.69) is 18.6 Å². The zero-order chi connectivity index (χ0) is 10.3. The Labute approximate surface area is 80.6 Å². The molecule has 0 spiro atoms. The maximum atomic E-state index is 10.9. The summed E-state index contributed by atoms with van der Waals surface area (Å²) in [5.41, 5.74) is 5.89. The number of hydrogen-bond acceptors (Lipinski definition) is 3. The molecule has 13 heavy (non-hydrogen) atoms. The van der Waals surface area contributed by atoms with Crippen LogP contribution < -0.4 is 5.73 Å². The van der Waals surface area contributed by atoms with Gasteiger partial charge in [0.1, 0.15) is 0 Å². The molecule has 78 valence electrons. The van der Waals surface area contributed by atoms with Gasteiger partial charge in [-0.1, -0.05) is 26.7 Å². The molecule has 2 atom stereocenters. The van der Waals surface area contributed by atoms with Crippen LogP contribution in [0.4, 0.5) is 0 Å². The third-order valence-electron chi connectivity index (χ3n) is 2.42. The second kappa shape index (κ2) is 6.89. The van der Waals surface area contributed by atoms with Gasteiger partial charge in [0.15, 0.2) is 0 Å². The van der Waals surface area contributed by atoms with Gasteiger partial charge in [0.2, 0.25) is 0 Å². The number of carbonyl (C=O) groups excluding carboxylic acids is 1. The average molecular weight is 187 g/mol. The average Bonchev–Trinajstić information content (AvgIpc) is 2.13. The molecule has 0 saturated heterocycles. The molecule has 3 nitrogen and oxygen atoms in total. The van der Waals surface area contributed by atoms with Crippen LogP contribution in [-0.2, 0) is 9.53 Å². The number of rotatable bonds is 6. The van der Waals surface area contributed by atoms with Crippen LogP contribution in [0.3, 0.4) is 0 Å². The van der Waals surface area contributed by atoms with Crippen LogP contribution in [-0.4, -0.2) is 19.1 Å². The lowest BCUT2D eigenvalue weighted by atomic mass is 9.91. The molecule has 0 fully saturated rings. The molecular weight excluding hydrogens is 166 g/mol. The molecule has 0 amide bonds. The van der Waals surface area contributed by atoms with E-state index in [0.717, 1.165) is 19.3 Å². The monoisotopic (exact) mass is 187 g/mol. The van der Waals surface area contributed by atoms with Crippen molar-refractivity contribution in [1.29, 1.82) is 0 Å². The maximum absolute atomic E-state index is 10.9. The second-order valence-electron chi connectivity index (χ2n) is 3.40. The number of esters is 1. The highest BCUT2D eigenvalue weighted by atomic mass is 16.5. The van der Waals surface area contributed by atoms with E-state index < -0.39 is 0 Å². The molecule has 0 aromatic carbocycles. The molecule has 0 saturated carbocycles. The normalized spacial score (nSPS) is 15.1. The zero-order valence-electron chi connectivity index (χ0n) is 8.88. The summed E-state index contributed by atoms with van der Waals surface area (Å²) in [7, 11) is 1.40. The van der Waals surface area contributed by atoms with Crippen LogP contribution in [0.2, 0.25) is 0 Å². The quantitative estimate of drug-likeness (QED) is 0.644. The van der Waals surface area contributed by atoms with Gasteiger partial charge >= 0.3 is 5.97 Å². The van der Waals surface area contributed by atoms with E-state index in [-0.39, 0.29) is 12.0 Å². The van der Waals surface area contributed by atoms with Crippen LogP contribution >= 0.6 is 0 Å². The third kappa shape index (κ3) is 4.88. The van der Waals surface area contributed by atoms with Crippen molar-refractivity contribution < 1.29 is 9.53 Å². The van der Waals surface area contributed by atoms with Crippen molar-refractivity contribution in [3.63, 3.8) is 0 Å². The Bertz CT molecular complexity index is 148. The lowest BCUT2D eigenvalue weighted by molar-refractivity contribution is -0.141. The first kappa shape index (κ1) is 12.4. The predicted octanol–water partition coefficient (Wildman–Crippen LogP) is 1.70. The Morgan fingerprint density at radius 3 is 2.46 bits per heavy atom. The largest absolute Gasteiger partial charge is 0.469 e. The summed E-state index contributed by atoms with van der Waals surface area (Å²) in [6.07, 6.45) is 3.59. The zero-order valence-corrected chi connectivity index (χ0v) is 8.88. The molecule has 0 bridgehead atoms. The van der Waals surface area contributed by atoms with E-state index in [9.17, 15) is 4.79 Å². The summed E-state index contributed by atoms with van der Waals surface area (Å²) in [5.74, 6) is 0.242. The van der Waals surface area contributed by atoms with E-state index >= 15 is 0 Å². The van der Waals surface area contributed by atoms with Crippen molar-refractivity contribution in [1.82, 2.24) is 0 Å². The molecule has 0 rings (SSSR count). The summed E-state index contributed by atoms with van der Waals surface area (Å²) in [4.78, 5) is 10.9. The summed E-state index contributed by atoms with van der Waals surface area (Å²) in [6, 6.07) is -0.0441. The van der Waals surface area contributed by atoms with Crippen molar-refractivity contribution in [3.05, 3.63) is 0 Å². The van der Waals surface area contributed by atoms with Crippen LogP contribution in [0.25, 0.3) is 0 Å². The minimum absolute atomic E-state index is 0.0441. The van der Waals surface area contributed by atoms with Crippen molar-refractivity contribution in [2.75, 3.05) is 7.11 Å². The highest BCUT2D eigenvalue weighted by Gasteiger charge is 2.18. The fraction of sp³-hybridized carbons (Fsp3) is 0.900. The van der Waals surface area contributed by atoms with E-state index in [4.69, 9.17) is 5.73 Å². The fourth-order valence-electron chi connectivity index (χ4n) is 1.53. The molecule has 0 aliphatic heterocycles. The molecule has 2 N–H and O–H groups in total. The second-order valence-corrected chi connectivity index (χ2v) is 3.40. The maximum Gasteiger partial charge on any atom is 0.307 e. The van der Waals surface area contributed by atoms with Crippen molar-refractivity contribution in [2.45, 2.75) is 45.6 Å². The van der Waals surface area contributed by atoms with Gasteiger partial charge in [-0.25, -0.2) is 0 Å². The molecular formula is C10H21NO2. The van der Waals surface area contributed by atoms with Gasteiger partial charge in [-0.05, 0) is 12.3 Å². The van der Waals surface area contributed by atoms with E-state index in [1.54, 1.807) is 0 Å². The standard InChI is InChI=1S/C10H21NO2/c1-4-6-8(5-2)9(11)7-10(12)13-3/h8-9H,4-7,11H2,1-3H3. The Morgan fingerprint density at radius 2 is 2.08 bits per heavy atom. The Hall–Kier alpha value is -0.570. The van der Waals surface area contributed by atoms with Gasteiger partial charge < -0.3 is 10.5 Å². The predicted molar refractivity (Wildman–Crippen MR) is 53.3 cm³/mol. The van der Waals surface area contributed by atoms with Crippen LogP contribution in [0.5, 0.6) is 0 Å². The topological polar surface area (TPSA) is 52.3 Å². The molecule has 3 heteroatoms. The number of carbonyl (C=O) groups is 1. The number of methoxy groups -OCH3 is 1. The molecule has 0 aromatic rings. The molecule has 0 aliphatic rings. The highest BCUT2D eigenvalue weighted by molar-refractivity contribution is 5.69. The summed E-state index contributed by atoms with van der Waals surface area (Å²) in [5, 5.41) is 0. The lowest BCUT2D eigenvalue weighted by Gasteiger charge is -2.20. The van der Waals surface area contributed by atoms with Gasteiger partial charge in [-0.2, -0.15) is 0 Å². The van der Waals surface area contributed by atoms with Crippen molar-refractivity contribution >= 4 is 5.97 Å². The minimum Gasteiger partial charge on any atom is -0.469 e. The fourth-order valence-corrected chi connectivity index (χ4v) is 1.53. The molecule has 0 radical (unpaired) electrons. The number of nitrogens with two attached hydrogens (primary N) is 1. The van der Waals surface area contributed by atoms with Gasteiger partial charge in [-0.3, -0.25) is 4.79 Å². The summed E-state index contributed by atoms with van der Waals surface area (Å²) in [6.45, 7) is 4.24. The first-order valence-electron chi connectivity index (χ1n) is 4.98. The van der Waals surface area contributed by atoms with Crippen LogP contribution in [0.15, 0.2) is 0 Å². The van der Waals surface area contributed by atoms with Crippen molar-refractivity contribution in [3.8, 4) is 0 Å². The lowest BCUT2D eigenvalue weighted by Crippen LogP contribution is -2.32. The van der Waals surface area contributed by atoms with E-state index in [1.807, 2.05) is 0 Å². The minimum atomic E-state index is -0.206. The van der Waals surface area contributed by atoms with Crippen molar-refractivity contribution in [2.24, 2.45) is 11.7 Å². The van der Waals surface area contributed by atoms with Gasteiger partial charge in [-0.15, -0.1) is 0 Å². The smallest absolute Gasteiger partial charge is 0.307 e. The number of ether oxygens (including phenoxy) is 1. The Balaban J connectivity index is 3.89. The van der Waals surface area contributed by atoms with Gasteiger partial charge in [0, 0.05) is 6.04 Å². The first-order valence-corrected chi connectivity index (χ1v) is 4.98. The first-order chi connectivity index (χ1) is 6.15. The van der Waals surface area contributed by atoms with E-state index in [0.29, 0.717) is 12.3 Å².